The van der Waals surface area contributed by atoms with Gasteiger partial charge in [0, 0.05) is 31.2 Å². The maximum Gasteiger partial charge on any atom is 0.231 e. The van der Waals surface area contributed by atoms with Gasteiger partial charge >= 0.3 is 0 Å². The molecular weight excluding hydrogens is 302 g/mol. The highest BCUT2D eigenvalue weighted by Crippen LogP contribution is 2.18. The van der Waals surface area contributed by atoms with Gasteiger partial charge in [0.1, 0.15) is 0 Å². The lowest BCUT2D eigenvalue weighted by molar-refractivity contribution is -0.119. The van der Waals surface area contributed by atoms with Gasteiger partial charge in [-0.3, -0.25) is 14.6 Å². The van der Waals surface area contributed by atoms with Gasteiger partial charge in [0.2, 0.25) is 5.91 Å². The van der Waals surface area contributed by atoms with Crippen LogP contribution in [0.3, 0.4) is 0 Å². The van der Waals surface area contributed by atoms with Crippen molar-refractivity contribution in [2.45, 2.75) is 19.6 Å². The topological polar surface area (TPSA) is 58.8 Å². The summed E-state index contributed by atoms with van der Waals surface area (Å²) in [5, 5.41) is 0.802. The van der Waals surface area contributed by atoms with Crippen LogP contribution < -0.4 is 5.73 Å². The molecule has 0 aliphatic carbocycles. The summed E-state index contributed by atoms with van der Waals surface area (Å²) in [6, 6.07) is 6.15. The molecule has 1 saturated heterocycles. The molecule has 0 radical (unpaired) electrons. The summed E-state index contributed by atoms with van der Waals surface area (Å²) < 4.78 is 5.78. The smallest absolute Gasteiger partial charge is 0.231 e. The summed E-state index contributed by atoms with van der Waals surface area (Å²) in [5.41, 5.74) is 7.57. The molecule has 0 saturated carbocycles. The van der Waals surface area contributed by atoms with Gasteiger partial charge in [-0.1, -0.05) is 23.7 Å². The van der Waals surface area contributed by atoms with Gasteiger partial charge in [-0.25, -0.2) is 0 Å². The number of amides is 1. The van der Waals surface area contributed by atoms with E-state index < -0.39 is 0 Å². The number of aryl methyl sites for hydroxylation is 1. The molecule has 1 aliphatic rings. The Labute approximate surface area is 137 Å². The Kier molecular flexibility index (Phi) is 6.20. The number of halogens is 1. The summed E-state index contributed by atoms with van der Waals surface area (Å²) >= 11 is 6.07. The van der Waals surface area contributed by atoms with Crippen LogP contribution in [0.1, 0.15) is 11.1 Å². The van der Waals surface area contributed by atoms with Gasteiger partial charge in [0.15, 0.2) is 0 Å². The van der Waals surface area contributed by atoms with Crippen molar-refractivity contribution in [3.8, 4) is 0 Å². The lowest BCUT2D eigenvalue weighted by atomic mass is 10.1. The predicted molar refractivity (Wildman–Crippen MR) is 87.9 cm³/mol. The fourth-order valence-electron chi connectivity index (χ4n) is 2.78. The van der Waals surface area contributed by atoms with E-state index in [4.69, 9.17) is 22.1 Å². The third-order valence-electron chi connectivity index (χ3n) is 3.79. The molecule has 122 valence electrons. The van der Waals surface area contributed by atoms with E-state index in [1.807, 2.05) is 24.9 Å². The van der Waals surface area contributed by atoms with Gasteiger partial charge in [-0.05, 0) is 31.2 Å². The van der Waals surface area contributed by atoms with Gasteiger partial charge < -0.3 is 10.5 Å². The molecule has 1 aliphatic heterocycles. The van der Waals surface area contributed by atoms with Crippen LogP contribution in [0.5, 0.6) is 0 Å². The minimum atomic E-state index is -0.313. The summed E-state index contributed by atoms with van der Waals surface area (Å²) in [7, 11) is 1.88. The molecule has 1 atom stereocenters. The molecule has 0 spiro atoms. The van der Waals surface area contributed by atoms with Gasteiger partial charge in [-0.2, -0.15) is 0 Å². The summed E-state index contributed by atoms with van der Waals surface area (Å²) in [4.78, 5) is 15.2. The zero-order chi connectivity index (χ0) is 16.1. The fraction of sp³-hybridized carbons (Fsp3) is 0.562. The van der Waals surface area contributed by atoms with E-state index >= 15 is 0 Å². The van der Waals surface area contributed by atoms with Crippen molar-refractivity contribution >= 4 is 17.5 Å². The monoisotopic (exact) mass is 325 g/mol. The van der Waals surface area contributed by atoms with Crippen molar-refractivity contribution in [3.63, 3.8) is 0 Å². The average Bonchev–Trinajstić information content (AvgIpc) is 2.42. The first-order chi connectivity index (χ1) is 10.4. The summed E-state index contributed by atoms with van der Waals surface area (Å²) in [5.74, 6) is -0.313. The Morgan fingerprint density at radius 3 is 3.00 bits per heavy atom. The van der Waals surface area contributed by atoms with Crippen LogP contribution in [0.2, 0.25) is 5.02 Å². The van der Waals surface area contributed by atoms with Crippen LogP contribution in [-0.2, 0) is 16.1 Å². The van der Waals surface area contributed by atoms with Crippen LogP contribution in [0.4, 0.5) is 0 Å². The van der Waals surface area contributed by atoms with E-state index in [1.54, 1.807) is 0 Å². The number of rotatable bonds is 6. The first kappa shape index (κ1) is 17.2. The quantitative estimate of drug-likeness (QED) is 0.855. The number of morpholine rings is 1. The van der Waals surface area contributed by atoms with Crippen LogP contribution in [0.15, 0.2) is 18.2 Å². The van der Waals surface area contributed by atoms with Crippen molar-refractivity contribution < 1.29 is 9.53 Å². The number of benzene rings is 1. The lowest BCUT2D eigenvalue weighted by Gasteiger charge is -2.34. The zero-order valence-corrected chi connectivity index (χ0v) is 14.0. The Morgan fingerprint density at radius 1 is 1.55 bits per heavy atom. The van der Waals surface area contributed by atoms with Gasteiger partial charge in [0.05, 0.1) is 19.3 Å². The standard InChI is InChI=1S/C16H24ClN3O2/c1-12-7-13(3-4-15(12)17)8-20-5-6-22-14(10-20)9-19(2)11-16(18)21/h3-4,7,14H,5-6,8-11H2,1-2H3,(H2,18,21)/t14-/m0/s1. The second kappa shape index (κ2) is 7.92. The first-order valence-corrected chi connectivity index (χ1v) is 7.87. The third kappa shape index (κ3) is 5.25. The van der Waals surface area contributed by atoms with Crippen molar-refractivity contribution in [3.05, 3.63) is 34.3 Å². The van der Waals surface area contributed by atoms with Crippen LogP contribution in [0, 0.1) is 6.92 Å². The number of nitrogens with two attached hydrogens (primary N) is 1. The van der Waals surface area contributed by atoms with Crippen molar-refractivity contribution in [2.75, 3.05) is 39.8 Å². The molecule has 0 unspecified atom stereocenters. The molecule has 1 aromatic carbocycles. The van der Waals surface area contributed by atoms with Crippen molar-refractivity contribution in [1.82, 2.24) is 9.80 Å². The Hall–Kier alpha value is -1.14. The van der Waals surface area contributed by atoms with Crippen LogP contribution >= 0.6 is 11.6 Å². The molecule has 6 heteroatoms. The molecule has 1 amide bonds. The maximum atomic E-state index is 10.9. The number of primary amides is 1. The van der Waals surface area contributed by atoms with Crippen molar-refractivity contribution in [2.24, 2.45) is 5.73 Å². The van der Waals surface area contributed by atoms with Crippen molar-refractivity contribution in [1.29, 1.82) is 0 Å². The Bertz CT molecular complexity index is 524. The molecule has 0 bridgehead atoms. The lowest BCUT2D eigenvalue weighted by Crippen LogP contribution is -2.47. The van der Waals surface area contributed by atoms with Crippen LogP contribution in [0.25, 0.3) is 0 Å². The highest BCUT2D eigenvalue weighted by molar-refractivity contribution is 6.31. The van der Waals surface area contributed by atoms with E-state index in [0.29, 0.717) is 13.2 Å². The largest absolute Gasteiger partial charge is 0.374 e. The van der Waals surface area contributed by atoms with E-state index in [2.05, 4.69) is 17.0 Å². The third-order valence-corrected chi connectivity index (χ3v) is 4.22. The molecule has 0 aromatic heterocycles. The number of hydrogen-bond donors (Lipinski definition) is 1. The summed E-state index contributed by atoms with van der Waals surface area (Å²) in [6.07, 6.45) is 0.103. The van der Waals surface area contributed by atoms with Gasteiger partial charge in [0.25, 0.3) is 0 Å². The minimum Gasteiger partial charge on any atom is -0.374 e. The predicted octanol–water partition coefficient (Wildman–Crippen LogP) is 1.27. The number of hydrogen-bond acceptors (Lipinski definition) is 4. The molecule has 22 heavy (non-hydrogen) atoms. The Morgan fingerprint density at radius 2 is 2.32 bits per heavy atom. The van der Waals surface area contributed by atoms with E-state index in [1.165, 1.54) is 5.56 Å². The first-order valence-electron chi connectivity index (χ1n) is 7.50. The normalized spacial score (nSPS) is 19.5. The van der Waals surface area contributed by atoms with E-state index in [-0.39, 0.29) is 18.6 Å². The fourth-order valence-corrected chi connectivity index (χ4v) is 2.89. The zero-order valence-electron chi connectivity index (χ0n) is 13.2. The Balaban J connectivity index is 1.87. The molecule has 2 N–H and O–H groups in total. The van der Waals surface area contributed by atoms with E-state index in [9.17, 15) is 4.79 Å². The number of ether oxygens (including phenoxy) is 1. The SMILES string of the molecule is Cc1cc(CN2CCO[C@@H](CN(C)CC(N)=O)C2)ccc1Cl. The number of likely N-dealkylation sites (N-methyl/N-ethyl adjacent to an activating group) is 1. The van der Waals surface area contributed by atoms with E-state index in [0.717, 1.165) is 30.2 Å². The molecule has 5 nitrogen and oxygen atoms in total. The number of carbonyl (C=O) groups excluding carboxylic acids is 1. The highest BCUT2D eigenvalue weighted by Gasteiger charge is 2.22. The second-order valence-corrected chi connectivity index (χ2v) is 6.38. The molecule has 1 fully saturated rings. The molecule has 2 rings (SSSR count). The molecule has 1 heterocycles. The number of carbonyl (C=O) groups is 1. The average molecular weight is 326 g/mol. The number of nitrogens with zero attached hydrogens (tertiary/aromatic N) is 2. The second-order valence-electron chi connectivity index (χ2n) is 5.97. The minimum absolute atomic E-state index is 0.103. The van der Waals surface area contributed by atoms with Crippen LogP contribution in [-0.4, -0.2) is 61.6 Å². The maximum absolute atomic E-state index is 10.9. The molecule has 1 aromatic rings. The summed E-state index contributed by atoms with van der Waals surface area (Å²) in [6.45, 7) is 6.35. The highest BCUT2D eigenvalue weighted by atomic mass is 35.5. The molecular formula is C16H24ClN3O2. The van der Waals surface area contributed by atoms with Gasteiger partial charge in [-0.15, -0.1) is 0 Å².